The molecule has 1 atom stereocenters. The number of nitrogens with one attached hydrogen (secondary N) is 2. The van der Waals surface area contributed by atoms with Crippen molar-refractivity contribution in [1.29, 1.82) is 0 Å². The van der Waals surface area contributed by atoms with Crippen LogP contribution >= 0.6 is 35.0 Å². The van der Waals surface area contributed by atoms with Crippen molar-refractivity contribution >= 4 is 46.6 Å². The molecule has 6 heteroatoms. The summed E-state index contributed by atoms with van der Waals surface area (Å²) < 4.78 is 0. The third kappa shape index (κ3) is 4.33. The Labute approximate surface area is 128 Å². The van der Waals surface area contributed by atoms with Crippen molar-refractivity contribution in [1.82, 2.24) is 4.98 Å². The third-order valence-electron chi connectivity index (χ3n) is 3.04. The minimum Gasteiger partial charge on any atom is -0.369 e. The van der Waals surface area contributed by atoms with Crippen LogP contribution in [0.4, 0.5) is 11.6 Å². The highest BCUT2D eigenvalue weighted by Crippen LogP contribution is 2.30. The van der Waals surface area contributed by atoms with E-state index in [-0.39, 0.29) is 0 Å². The van der Waals surface area contributed by atoms with Crippen molar-refractivity contribution < 1.29 is 0 Å². The van der Waals surface area contributed by atoms with Crippen LogP contribution in [-0.2, 0) is 0 Å². The van der Waals surface area contributed by atoms with Gasteiger partial charge in [0.1, 0.15) is 11.6 Å². The zero-order valence-corrected chi connectivity index (χ0v) is 13.3. The fourth-order valence-corrected chi connectivity index (χ4v) is 3.79. The third-order valence-corrected chi connectivity index (χ3v) is 5.02. The number of halogens is 2. The summed E-state index contributed by atoms with van der Waals surface area (Å²) in [6.07, 6.45) is 3.93. The maximum Gasteiger partial charge on any atom is 0.147 e. The van der Waals surface area contributed by atoms with Crippen LogP contribution < -0.4 is 10.6 Å². The lowest BCUT2D eigenvalue weighted by molar-refractivity contribution is 0.677. The lowest BCUT2D eigenvalue weighted by Gasteiger charge is -2.22. The number of rotatable bonds is 5. The Kier molecular flexibility index (Phi) is 5.92. The van der Waals surface area contributed by atoms with Crippen LogP contribution in [0.15, 0.2) is 6.07 Å². The maximum absolute atomic E-state index is 6.18. The predicted octanol–water partition coefficient (Wildman–Crippen LogP) is 4.52. The maximum atomic E-state index is 6.18. The minimum absolute atomic E-state index is 0.560. The largest absolute Gasteiger partial charge is 0.369 e. The number of hydrogen-bond donors (Lipinski definition) is 2. The van der Waals surface area contributed by atoms with Gasteiger partial charge in [0, 0.05) is 18.3 Å². The lowest BCUT2D eigenvalue weighted by atomic mass is 10.2. The zero-order chi connectivity index (χ0) is 13.7. The summed E-state index contributed by atoms with van der Waals surface area (Å²) in [5.74, 6) is 2.66. The normalized spacial score (nSPS) is 19.2. The number of hydrogen-bond acceptors (Lipinski definition) is 4. The van der Waals surface area contributed by atoms with E-state index in [1.165, 1.54) is 25.0 Å². The van der Waals surface area contributed by atoms with Gasteiger partial charge in [-0.1, -0.05) is 29.6 Å². The smallest absolute Gasteiger partial charge is 0.147 e. The summed E-state index contributed by atoms with van der Waals surface area (Å²) in [6.45, 7) is 3.70. The van der Waals surface area contributed by atoms with E-state index >= 15 is 0 Å². The van der Waals surface area contributed by atoms with Crippen molar-refractivity contribution in [3.8, 4) is 0 Å². The molecule has 106 valence electrons. The van der Waals surface area contributed by atoms with Crippen LogP contribution in [-0.4, -0.2) is 29.1 Å². The van der Waals surface area contributed by atoms with E-state index in [1.54, 1.807) is 6.07 Å². The molecule has 2 N–H and O–H groups in total. The van der Waals surface area contributed by atoms with E-state index in [0.717, 1.165) is 13.1 Å². The second kappa shape index (κ2) is 7.46. The van der Waals surface area contributed by atoms with Gasteiger partial charge in [-0.2, -0.15) is 11.8 Å². The molecule has 0 aliphatic carbocycles. The highest BCUT2D eigenvalue weighted by Gasteiger charge is 2.15. The Bertz CT molecular complexity index is 423. The first kappa shape index (κ1) is 15.1. The van der Waals surface area contributed by atoms with Gasteiger partial charge in [0.25, 0.3) is 0 Å². The first-order valence-corrected chi connectivity index (χ1v) is 8.46. The van der Waals surface area contributed by atoms with Gasteiger partial charge in [-0.05, 0) is 31.6 Å². The number of aromatic nitrogens is 1. The monoisotopic (exact) mass is 319 g/mol. The Morgan fingerprint density at radius 2 is 2.00 bits per heavy atom. The van der Waals surface area contributed by atoms with Crippen molar-refractivity contribution in [2.45, 2.75) is 31.4 Å². The number of pyridine rings is 1. The number of anilines is 2. The van der Waals surface area contributed by atoms with Crippen LogP contribution in [0, 0.1) is 0 Å². The summed E-state index contributed by atoms with van der Waals surface area (Å²) in [4.78, 5) is 4.45. The number of thioether (sulfide) groups is 1. The van der Waals surface area contributed by atoms with Crippen LogP contribution in [0.1, 0.15) is 26.2 Å². The second-order valence-corrected chi connectivity index (χ2v) is 6.77. The molecule has 0 amide bonds. The Morgan fingerprint density at radius 3 is 2.63 bits per heavy atom. The minimum atomic E-state index is 0.560. The van der Waals surface area contributed by atoms with E-state index in [4.69, 9.17) is 23.2 Å². The van der Waals surface area contributed by atoms with Gasteiger partial charge < -0.3 is 10.6 Å². The molecular weight excluding hydrogens is 301 g/mol. The molecule has 1 fully saturated rings. The van der Waals surface area contributed by atoms with Crippen LogP contribution in [0.5, 0.6) is 0 Å². The fourth-order valence-electron chi connectivity index (χ4n) is 2.06. The molecule has 1 unspecified atom stereocenters. The molecule has 2 rings (SSSR count). The van der Waals surface area contributed by atoms with Crippen molar-refractivity contribution in [2.24, 2.45) is 0 Å². The van der Waals surface area contributed by atoms with Gasteiger partial charge in [0.15, 0.2) is 0 Å². The average Bonchev–Trinajstić information content (AvgIpc) is 2.42. The lowest BCUT2D eigenvalue weighted by Crippen LogP contribution is -2.20. The summed E-state index contributed by atoms with van der Waals surface area (Å²) in [7, 11) is 0. The molecule has 0 saturated carbocycles. The molecule has 0 bridgehead atoms. The zero-order valence-electron chi connectivity index (χ0n) is 11.0. The Hall–Kier alpha value is -0.320. The molecule has 19 heavy (non-hydrogen) atoms. The molecule has 3 nitrogen and oxygen atoms in total. The highest BCUT2D eigenvalue weighted by molar-refractivity contribution is 7.99. The predicted molar refractivity (Wildman–Crippen MR) is 87.0 cm³/mol. The summed E-state index contributed by atoms with van der Waals surface area (Å²) >= 11 is 14.3. The van der Waals surface area contributed by atoms with E-state index in [1.807, 2.05) is 18.7 Å². The van der Waals surface area contributed by atoms with Gasteiger partial charge in [0.05, 0.1) is 10.0 Å². The van der Waals surface area contributed by atoms with E-state index in [2.05, 4.69) is 15.6 Å². The molecule has 1 saturated heterocycles. The fraction of sp³-hybridized carbons (Fsp3) is 0.615. The van der Waals surface area contributed by atoms with E-state index < -0.39 is 0 Å². The van der Waals surface area contributed by atoms with Gasteiger partial charge in [-0.25, -0.2) is 4.98 Å². The molecular formula is C13H19Cl2N3S. The topological polar surface area (TPSA) is 37.0 Å². The Balaban J connectivity index is 2.00. The molecule has 2 heterocycles. The van der Waals surface area contributed by atoms with Gasteiger partial charge in [-0.3, -0.25) is 0 Å². The van der Waals surface area contributed by atoms with Gasteiger partial charge >= 0.3 is 0 Å². The number of nitrogens with zero attached hydrogens (tertiary/aromatic N) is 1. The quantitative estimate of drug-likeness (QED) is 0.836. The van der Waals surface area contributed by atoms with Gasteiger partial charge in [-0.15, -0.1) is 0 Å². The molecule has 1 aliphatic rings. The summed E-state index contributed by atoms with van der Waals surface area (Å²) in [5.41, 5.74) is 0. The van der Waals surface area contributed by atoms with Crippen molar-refractivity contribution in [3.63, 3.8) is 0 Å². The van der Waals surface area contributed by atoms with Crippen LogP contribution in [0.25, 0.3) is 0 Å². The first-order valence-electron chi connectivity index (χ1n) is 6.66. The molecule has 0 aromatic carbocycles. The molecule has 1 aliphatic heterocycles. The molecule has 1 aromatic rings. The van der Waals surface area contributed by atoms with Crippen LogP contribution in [0.3, 0.4) is 0 Å². The summed E-state index contributed by atoms with van der Waals surface area (Å²) in [6, 6.07) is 1.74. The van der Waals surface area contributed by atoms with Gasteiger partial charge in [0.2, 0.25) is 0 Å². The van der Waals surface area contributed by atoms with Crippen LogP contribution in [0.2, 0.25) is 10.0 Å². The summed E-state index contributed by atoms with van der Waals surface area (Å²) in [5, 5.41) is 8.27. The Morgan fingerprint density at radius 1 is 1.26 bits per heavy atom. The second-order valence-electron chi connectivity index (χ2n) is 4.55. The molecule has 0 spiro atoms. The van der Waals surface area contributed by atoms with Crippen molar-refractivity contribution in [3.05, 3.63) is 16.1 Å². The van der Waals surface area contributed by atoms with E-state index in [9.17, 15) is 0 Å². The first-order chi connectivity index (χ1) is 9.20. The standard InChI is InChI=1S/C13H19Cl2N3S/c1-2-16-12-10(14)7-11(15)13(18-12)17-8-9-5-3-4-6-19-9/h7,9H,2-6,8H2,1H3,(H2,16,17,18). The van der Waals surface area contributed by atoms with Crippen molar-refractivity contribution in [2.75, 3.05) is 29.5 Å². The SMILES string of the molecule is CCNc1nc(NCC2CCCCS2)c(Cl)cc1Cl. The molecule has 0 radical (unpaired) electrons. The molecule has 1 aromatic heterocycles. The highest BCUT2D eigenvalue weighted by atomic mass is 35.5. The average molecular weight is 320 g/mol. The van der Waals surface area contributed by atoms with E-state index in [0.29, 0.717) is 26.9 Å².